The van der Waals surface area contributed by atoms with Crippen molar-refractivity contribution < 1.29 is 4.79 Å². The summed E-state index contributed by atoms with van der Waals surface area (Å²) in [4.78, 5) is 21.0. The van der Waals surface area contributed by atoms with Gasteiger partial charge in [-0.3, -0.25) is 4.68 Å². The van der Waals surface area contributed by atoms with E-state index in [1.807, 2.05) is 25.6 Å². The number of aryl methyl sites for hydroxylation is 3. The van der Waals surface area contributed by atoms with Crippen molar-refractivity contribution in [1.82, 2.24) is 25.1 Å². The lowest BCUT2D eigenvalue weighted by Gasteiger charge is -2.12. The molecule has 2 amide bonds. The highest BCUT2D eigenvalue weighted by Crippen LogP contribution is 2.27. The number of carbonyl (C=O) groups excluding carboxylic acids is 1. The molecule has 8 heteroatoms. The van der Waals surface area contributed by atoms with Gasteiger partial charge in [-0.05, 0) is 43.5 Å². The van der Waals surface area contributed by atoms with Gasteiger partial charge in [-0.25, -0.2) is 14.8 Å². The van der Waals surface area contributed by atoms with Gasteiger partial charge in [0.05, 0.1) is 5.69 Å². The van der Waals surface area contributed by atoms with Gasteiger partial charge in [0.25, 0.3) is 0 Å². The summed E-state index contributed by atoms with van der Waals surface area (Å²) in [6, 6.07) is 5.21. The Morgan fingerprint density at radius 3 is 2.64 bits per heavy atom. The Morgan fingerprint density at radius 1 is 1.21 bits per heavy atom. The van der Waals surface area contributed by atoms with Crippen LogP contribution < -0.4 is 10.6 Å². The molecule has 28 heavy (non-hydrogen) atoms. The second-order valence-corrected chi connectivity index (χ2v) is 7.60. The molecule has 3 heterocycles. The highest BCUT2D eigenvalue weighted by Gasteiger charge is 2.15. The smallest absolute Gasteiger partial charge is 0.319 e. The molecule has 0 saturated heterocycles. The van der Waals surface area contributed by atoms with Crippen molar-refractivity contribution >= 4 is 34.4 Å². The van der Waals surface area contributed by atoms with Crippen LogP contribution in [0.2, 0.25) is 5.15 Å². The Hall–Kier alpha value is -2.67. The predicted octanol–water partition coefficient (Wildman–Crippen LogP) is 4.12. The van der Waals surface area contributed by atoms with Crippen molar-refractivity contribution in [2.45, 2.75) is 40.0 Å². The molecule has 0 atom stereocenters. The van der Waals surface area contributed by atoms with Crippen LogP contribution in [-0.4, -0.2) is 32.3 Å². The van der Waals surface area contributed by atoms with Crippen LogP contribution in [0, 0.1) is 13.8 Å². The number of amides is 2. The summed E-state index contributed by atoms with van der Waals surface area (Å²) >= 11 is 5.92. The van der Waals surface area contributed by atoms with Crippen LogP contribution in [-0.2, 0) is 13.5 Å². The average Bonchev–Trinajstić information content (AvgIpc) is 2.87. The van der Waals surface area contributed by atoms with E-state index in [1.165, 1.54) is 5.56 Å². The number of nitrogens with one attached hydrogen (secondary N) is 2. The zero-order valence-corrected chi connectivity index (χ0v) is 17.6. The van der Waals surface area contributed by atoms with Gasteiger partial charge in [-0.1, -0.05) is 25.4 Å². The number of fused-ring (bicyclic) bond motifs is 1. The summed E-state index contributed by atoms with van der Waals surface area (Å²) in [5, 5.41) is 11.6. The van der Waals surface area contributed by atoms with Crippen LogP contribution in [0.4, 0.5) is 10.5 Å². The number of rotatable bonds is 5. The van der Waals surface area contributed by atoms with Crippen molar-refractivity contribution in [2.75, 3.05) is 11.9 Å². The van der Waals surface area contributed by atoms with Gasteiger partial charge >= 0.3 is 6.03 Å². The number of pyridine rings is 2. The van der Waals surface area contributed by atoms with Crippen molar-refractivity contribution in [1.29, 1.82) is 0 Å². The van der Waals surface area contributed by atoms with Crippen LogP contribution >= 0.6 is 11.6 Å². The van der Waals surface area contributed by atoms with Crippen LogP contribution in [0.15, 0.2) is 18.2 Å². The van der Waals surface area contributed by atoms with Crippen molar-refractivity contribution in [3.63, 3.8) is 0 Å². The van der Waals surface area contributed by atoms with E-state index in [0.29, 0.717) is 29.7 Å². The van der Waals surface area contributed by atoms with E-state index < -0.39 is 0 Å². The van der Waals surface area contributed by atoms with E-state index >= 15 is 0 Å². The Labute approximate surface area is 169 Å². The number of hydrogen-bond acceptors (Lipinski definition) is 4. The first-order valence-corrected chi connectivity index (χ1v) is 9.64. The van der Waals surface area contributed by atoms with Gasteiger partial charge in [-0.15, -0.1) is 0 Å². The van der Waals surface area contributed by atoms with Crippen LogP contribution in [0.1, 0.15) is 42.4 Å². The monoisotopic (exact) mass is 400 g/mol. The summed E-state index contributed by atoms with van der Waals surface area (Å²) in [6.45, 7) is 8.63. The van der Waals surface area contributed by atoms with Gasteiger partial charge in [0, 0.05) is 42.5 Å². The molecule has 148 valence electrons. The average molecular weight is 401 g/mol. The molecule has 0 spiro atoms. The van der Waals surface area contributed by atoms with Crippen molar-refractivity contribution in [3.8, 4) is 0 Å². The molecule has 3 aromatic rings. The Balaban J connectivity index is 1.68. The normalized spacial score (nSPS) is 11.2. The maximum Gasteiger partial charge on any atom is 0.319 e. The molecular weight excluding hydrogens is 376 g/mol. The van der Waals surface area contributed by atoms with E-state index in [-0.39, 0.29) is 6.03 Å². The molecule has 0 aromatic carbocycles. The fraction of sp³-hybridized carbons (Fsp3) is 0.400. The number of urea groups is 1. The molecule has 0 unspecified atom stereocenters. The van der Waals surface area contributed by atoms with E-state index in [2.05, 4.69) is 40.6 Å². The fourth-order valence-electron chi connectivity index (χ4n) is 3.30. The molecule has 2 N–H and O–H groups in total. The maximum atomic E-state index is 12.2. The number of carbonyl (C=O) groups is 1. The molecule has 0 bridgehead atoms. The lowest BCUT2D eigenvalue weighted by molar-refractivity contribution is 0.252. The van der Waals surface area contributed by atoms with Gasteiger partial charge < -0.3 is 10.6 Å². The molecule has 0 aliphatic rings. The topological polar surface area (TPSA) is 84.7 Å². The van der Waals surface area contributed by atoms with Gasteiger partial charge in [0.1, 0.15) is 5.15 Å². The van der Waals surface area contributed by atoms with Crippen molar-refractivity contribution in [3.05, 3.63) is 46.0 Å². The Kier molecular flexibility index (Phi) is 5.84. The molecule has 0 aliphatic heterocycles. The highest BCUT2D eigenvalue weighted by molar-refractivity contribution is 6.29. The molecule has 0 radical (unpaired) electrons. The van der Waals surface area contributed by atoms with Crippen LogP contribution in [0.25, 0.3) is 11.0 Å². The molecule has 0 aliphatic carbocycles. The standard InChI is InChI=1S/C20H25ClN6O/c1-11(2)16-9-14(24-19-18(16)13(4)26-27(19)5)6-7-22-20(28)25-15-8-12(3)23-17(21)10-15/h8-11H,6-7H2,1-5H3,(H2,22,23,25,28). The number of halogens is 1. The molecule has 3 rings (SSSR count). The first kappa shape index (κ1) is 20.1. The third-order valence-corrected chi connectivity index (χ3v) is 4.71. The molecule has 0 saturated carbocycles. The zero-order valence-electron chi connectivity index (χ0n) is 16.8. The Bertz CT molecular complexity index is 1010. The lowest BCUT2D eigenvalue weighted by atomic mass is 9.98. The van der Waals surface area contributed by atoms with Gasteiger partial charge in [0.15, 0.2) is 5.65 Å². The van der Waals surface area contributed by atoms with E-state index in [9.17, 15) is 4.79 Å². The third-order valence-electron chi connectivity index (χ3n) is 4.52. The number of aromatic nitrogens is 4. The molecular formula is C20H25ClN6O. The summed E-state index contributed by atoms with van der Waals surface area (Å²) in [6.07, 6.45) is 0.628. The summed E-state index contributed by atoms with van der Waals surface area (Å²) in [5.41, 5.74) is 5.39. The zero-order chi connectivity index (χ0) is 20.4. The van der Waals surface area contributed by atoms with E-state index in [4.69, 9.17) is 16.6 Å². The minimum absolute atomic E-state index is 0.289. The lowest BCUT2D eigenvalue weighted by Crippen LogP contribution is -2.30. The Morgan fingerprint density at radius 2 is 1.96 bits per heavy atom. The second kappa shape index (κ2) is 8.14. The predicted molar refractivity (Wildman–Crippen MR) is 112 cm³/mol. The van der Waals surface area contributed by atoms with Crippen LogP contribution in [0.3, 0.4) is 0 Å². The quantitative estimate of drug-likeness (QED) is 0.631. The maximum absolute atomic E-state index is 12.2. The summed E-state index contributed by atoms with van der Waals surface area (Å²) < 4.78 is 1.82. The van der Waals surface area contributed by atoms with E-state index in [1.54, 1.807) is 12.1 Å². The summed E-state index contributed by atoms with van der Waals surface area (Å²) in [5.74, 6) is 0.364. The first-order valence-electron chi connectivity index (χ1n) is 9.26. The van der Waals surface area contributed by atoms with Crippen LogP contribution in [0.5, 0.6) is 0 Å². The number of hydrogen-bond donors (Lipinski definition) is 2. The minimum Gasteiger partial charge on any atom is -0.337 e. The second-order valence-electron chi connectivity index (χ2n) is 7.22. The minimum atomic E-state index is -0.289. The van der Waals surface area contributed by atoms with E-state index in [0.717, 1.165) is 28.1 Å². The fourth-order valence-corrected chi connectivity index (χ4v) is 3.55. The SMILES string of the molecule is Cc1cc(NC(=O)NCCc2cc(C(C)C)c3c(C)nn(C)c3n2)cc(Cl)n1. The van der Waals surface area contributed by atoms with Gasteiger partial charge in [0.2, 0.25) is 0 Å². The molecule has 0 fully saturated rings. The number of anilines is 1. The highest BCUT2D eigenvalue weighted by atomic mass is 35.5. The first-order chi connectivity index (χ1) is 13.2. The molecule has 3 aromatic heterocycles. The largest absolute Gasteiger partial charge is 0.337 e. The van der Waals surface area contributed by atoms with Gasteiger partial charge in [-0.2, -0.15) is 5.10 Å². The molecule has 7 nitrogen and oxygen atoms in total. The third kappa shape index (κ3) is 4.42. The summed E-state index contributed by atoms with van der Waals surface area (Å²) in [7, 11) is 1.91. The van der Waals surface area contributed by atoms with Crippen molar-refractivity contribution in [2.24, 2.45) is 7.05 Å². The number of nitrogens with zero attached hydrogens (tertiary/aromatic N) is 4.